The largest absolute Gasteiger partial charge is 0.480 e. The molecule has 0 bridgehead atoms. The average molecular weight is 498 g/mol. The van der Waals surface area contributed by atoms with Gasteiger partial charge in [-0.1, -0.05) is 30.6 Å². The molecule has 3 aromatic rings. The van der Waals surface area contributed by atoms with Crippen molar-refractivity contribution < 1.29 is 18.7 Å². The number of aliphatic imine (C=N–C) groups is 2. The summed E-state index contributed by atoms with van der Waals surface area (Å²) in [7, 11) is 0. The number of rotatable bonds is 8. The fourth-order valence-corrected chi connectivity index (χ4v) is 3.63. The van der Waals surface area contributed by atoms with Gasteiger partial charge in [0.1, 0.15) is 17.8 Å². The summed E-state index contributed by atoms with van der Waals surface area (Å²) in [5.74, 6) is 3.40. The van der Waals surface area contributed by atoms with Gasteiger partial charge in [-0.3, -0.25) is 0 Å². The van der Waals surface area contributed by atoms with Crippen molar-refractivity contribution in [2.24, 2.45) is 15.9 Å². The molecule has 2 aromatic heterocycles. The van der Waals surface area contributed by atoms with Crippen LogP contribution in [-0.4, -0.2) is 52.2 Å². The van der Waals surface area contributed by atoms with E-state index in [1.54, 1.807) is 24.3 Å². The summed E-state index contributed by atoms with van der Waals surface area (Å²) in [5.41, 5.74) is 0.765. The van der Waals surface area contributed by atoms with Gasteiger partial charge < -0.3 is 18.7 Å². The Balaban J connectivity index is 1.47. The van der Waals surface area contributed by atoms with Gasteiger partial charge in [0, 0.05) is 24.2 Å². The Kier molecular flexibility index (Phi) is 7.97. The van der Waals surface area contributed by atoms with Crippen LogP contribution in [0.15, 0.2) is 57.1 Å². The summed E-state index contributed by atoms with van der Waals surface area (Å²) in [5, 5.41) is 4.69. The van der Waals surface area contributed by atoms with Crippen LogP contribution in [0.1, 0.15) is 33.5 Å². The van der Waals surface area contributed by atoms with Gasteiger partial charge in [-0.05, 0) is 50.1 Å². The number of benzene rings is 1. The van der Waals surface area contributed by atoms with Crippen LogP contribution in [0.2, 0.25) is 5.02 Å². The zero-order valence-corrected chi connectivity index (χ0v) is 20.9. The summed E-state index contributed by atoms with van der Waals surface area (Å²) in [6.45, 7) is 9.05. The molecule has 0 radical (unpaired) electrons. The lowest BCUT2D eigenvalue weighted by molar-refractivity contribution is 0.275. The first-order chi connectivity index (χ1) is 17.0. The normalized spacial score (nSPS) is 17.7. The molecule has 1 aliphatic rings. The number of hydrogen-bond acceptors (Lipinski definition) is 9. The van der Waals surface area contributed by atoms with Crippen molar-refractivity contribution in [3.05, 3.63) is 53.4 Å². The molecular formula is C25H28ClN5O4. The Morgan fingerprint density at radius 3 is 2.37 bits per heavy atom. The number of hydrogen-bond donors (Lipinski definition) is 0. The molecule has 184 valence electrons. The molecule has 0 unspecified atom stereocenters. The molecule has 3 heterocycles. The molecule has 10 heteroatoms. The van der Waals surface area contributed by atoms with Gasteiger partial charge >= 0.3 is 0 Å². The third kappa shape index (κ3) is 6.16. The fourth-order valence-electron chi connectivity index (χ4n) is 3.52. The van der Waals surface area contributed by atoms with Gasteiger partial charge in [-0.15, -0.1) is 0 Å². The van der Waals surface area contributed by atoms with E-state index in [1.807, 2.05) is 26.0 Å². The van der Waals surface area contributed by atoms with Crippen LogP contribution in [0.25, 0.3) is 11.5 Å². The quantitative estimate of drug-likeness (QED) is 0.410. The van der Waals surface area contributed by atoms with E-state index in [9.17, 15) is 0 Å². The second-order valence-electron chi connectivity index (χ2n) is 8.17. The zero-order valence-electron chi connectivity index (χ0n) is 20.1. The van der Waals surface area contributed by atoms with E-state index in [-0.39, 0.29) is 18.0 Å². The highest BCUT2D eigenvalue weighted by molar-refractivity contribution is 6.30. The number of halogens is 1. The predicted octanol–water partition coefficient (Wildman–Crippen LogP) is 5.40. The molecule has 0 saturated carbocycles. The first-order valence-corrected chi connectivity index (χ1v) is 12.0. The Bertz CT molecular complexity index is 1180. The Labute approximate surface area is 209 Å². The van der Waals surface area contributed by atoms with Crippen LogP contribution in [0, 0.1) is 5.92 Å². The van der Waals surface area contributed by atoms with Crippen molar-refractivity contribution >= 4 is 23.4 Å². The van der Waals surface area contributed by atoms with E-state index in [4.69, 9.17) is 40.3 Å². The molecule has 1 aliphatic heterocycles. The van der Waals surface area contributed by atoms with E-state index < -0.39 is 0 Å². The summed E-state index contributed by atoms with van der Waals surface area (Å²) in [6.07, 6.45) is 1.91. The van der Waals surface area contributed by atoms with Crippen molar-refractivity contribution in [1.82, 2.24) is 15.1 Å². The molecule has 0 fully saturated rings. The summed E-state index contributed by atoms with van der Waals surface area (Å²) in [6, 6.07) is 10.2. The smallest absolute Gasteiger partial charge is 0.257 e. The second kappa shape index (κ2) is 11.3. The van der Waals surface area contributed by atoms with E-state index in [1.165, 1.54) is 6.20 Å². The first-order valence-electron chi connectivity index (χ1n) is 11.6. The van der Waals surface area contributed by atoms with E-state index >= 15 is 0 Å². The second-order valence-corrected chi connectivity index (χ2v) is 8.60. The zero-order chi connectivity index (χ0) is 24.8. The topological polar surface area (TPSA) is 104 Å². The molecule has 0 amide bonds. The van der Waals surface area contributed by atoms with Crippen molar-refractivity contribution in [2.45, 2.75) is 46.2 Å². The highest BCUT2D eigenvalue weighted by Crippen LogP contribution is 2.25. The van der Waals surface area contributed by atoms with Crippen LogP contribution in [0.3, 0.4) is 0 Å². The van der Waals surface area contributed by atoms with Crippen molar-refractivity contribution in [2.75, 3.05) is 13.2 Å². The van der Waals surface area contributed by atoms with Crippen LogP contribution in [0.4, 0.5) is 0 Å². The van der Waals surface area contributed by atoms with E-state index in [0.717, 1.165) is 5.56 Å². The third-order valence-corrected chi connectivity index (χ3v) is 5.39. The average Bonchev–Trinajstić information content (AvgIpc) is 3.31. The molecule has 4 rings (SSSR count). The summed E-state index contributed by atoms with van der Waals surface area (Å²) < 4.78 is 22.8. The minimum Gasteiger partial charge on any atom is -0.480 e. The molecule has 0 aliphatic carbocycles. The molecule has 0 saturated heterocycles. The maximum Gasteiger partial charge on any atom is 0.257 e. The van der Waals surface area contributed by atoms with Crippen molar-refractivity contribution in [1.29, 1.82) is 0 Å². The number of pyridine rings is 1. The lowest BCUT2D eigenvalue weighted by Crippen LogP contribution is -2.39. The van der Waals surface area contributed by atoms with Gasteiger partial charge in [0.2, 0.25) is 17.7 Å². The minimum atomic E-state index is -0.375. The molecule has 2 atom stereocenters. The Morgan fingerprint density at radius 1 is 0.971 bits per heavy atom. The SMILES string of the molecule is CCOC1=N[C@H](C(C)C)C(OCC)=N[C@@H]1Cc1noc(-c2ccc(Oc3ccc(Cl)cn3)cc2)n1. The van der Waals surface area contributed by atoms with Crippen molar-refractivity contribution in [3.63, 3.8) is 0 Å². The summed E-state index contributed by atoms with van der Waals surface area (Å²) in [4.78, 5) is 18.3. The molecule has 0 N–H and O–H groups in total. The first kappa shape index (κ1) is 24.7. The van der Waals surface area contributed by atoms with E-state index in [2.05, 4.69) is 29.0 Å². The molecule has 1 aromatic carbocycles. The Hall–Kier alpha value is -3.46. The number of aromatic nitrogens is 3. The maximum absolute atomic E-state index is 5.86. The number of ether oxygens (including phenoxy) is 3. The molecular weight excluding hydrogens is 470 g/mol. The van der Waals surface area contributed by atoms with Gasteiger partial charge in [0.25, 0.3) is 5.89 Å². The minimum absolute atomic E-state index is 0.169. The third-order valence-electron chi connectivity index (χ3n) is 5.17. The van der Waals surface area contributed by atoms with Gasteiger partial charge in [0.15, 0.2) is 5.82 Å². The van der Waals surface area contributed by atoms with E-state index in [0.29, 0.717) is 59.8 Å². The standard InChI is InChI=1S/C25H28ClN5O4/c1-5-32-24-19(28-25(33-6-2)22(30-24)15(3)4)13-20-29-23(35-31-20)16-7-10-18(11-8-16)34-21-12-9-17(26)14-27-21/h7-12,14-15,19,22H,5-6,13H2,1-4H3/t19-,22-/m1/s1. The highest BCUT2D eigenvalue weighted by atomic mass is 35.5. The fraction of sp³-hybridized carbons (Fsp3) is 0.400. The highest BCUT2D eigenvalue weighted by Gasteiger charge is 2.32. The van der Waals surface area contributed by atoms with Gasteiger partial charge in [-0.25, -0.2) is 15.0 Å². The van der Waals surface area contributed by atoms with Crippen LogP contribution >= 0.6 is 11.6 Å². The maximum atomic E-state index is 5.86. The van der Waals surface area contributed by atoms with Gasteiger partial charge in [-0.2, -0.15) is 4.98 Å². The van der Waals surface area contributed by atoms with Crippen LogP contribution in [-0.2, 0) is 15.9 Å². The lowest BCUT2D eigenvalue weighted by atomic mass is 10.0. The molecule has 9 nitrogen and oxygen atoms in total. The lowest BCUT2D eigenvalue weighted by Gasteiger charge is -2.27. The van der Waals surface area contributed by atoms with Gasteiger partial charge in [0.05, 0.1) is 18.2 Å². The van der Waals surface area contributed by atoms with Crippen LogP contribution in [0.5, 0.6) is 11.6 Å². The van der Waals surface area contributed by atoms with Crippen molar-refractivity contribution in [3.8, 4) is 23.1 Å². The predicted molar refractivity (Wildman–Crippen MR) is 133 cm³/mol. The van der Waals surface area contributed by atoms with Crippen LogP contribution < -0.4 is 4.74 Å². The monoisotopic (exact) mass is 497 g/mol. The number of nitrogens with zero attached hydrogens (tertiary/aromatic N) is 5. The Morgan fingerprint density at radius 2 is 1.71 bits per heavy atom. The molecule has 0 spiro atoms. The molecule has 35 heavy (non-hydrogen) atoms. The summed E-state index contributed by atoms with van der Waals surface area (Å²) >= 11 is 5.86.